The fourth-order valence-corrected chi connectivity index (χ4v) is 3.10. The first-order valence-corrected chi connectivity index (χ1v) is 7.50. The van der Waals surface area contributed by atoms with Gasteiger partial charge >= 0.3 is 0 Å². The van der Waals surface area contributed by atoms with Crippen LogP contribution in [0.4, 0.5) is 0 Å². The van der Waals surface area contributed by atoms with E-state index in [-0.39, 0.29) is 5.91 Å². The van der Waals surface area contributed by atoms with Crippen LogP contribution in [0.25, 0.3) is 0 Å². The van der Waals surface area contributed by atoms with E-state index in [1.165, 1.54) is 6.42 Å². The van der Waals surface area contributed by atoms with Crippen molar-refractivity contribution in [1.29, 1.82) is 0 Å². The fraction of sp³-hybridized carbons (Fsp3) is 0.929. The van der Waals surface area contributed by atoms with Crippen LogP contribution in [0.1, 0.15) is 26.2 Å². The van der Waals surface area contributed by atoms with Gasteiger partial charge in [-0.15, -0.1) is 0 Å². The lowest BCUT2D eigenvalue weighted by Crippen LogP contribution is -2.41. The van der Waals surface area contributed by atoms with Gasteiger partial charge in [-0.25, -0.2) is 0 Å². The molecule has 19 heavy (non-hydrogen) atoms. The maximum absolute atomic E-state index is 12.0. The van der Waals surface area contributed by atoms with Crippen LogP contribution in [-0.4, -0.2) is 67.7 Å². The summed E-state index contributed by atoms with van der Waals surface area (Å²) in [5, 5.41) is 0. The van der Waals surface area contributed by atoms with Gasteiger partial charge in [0.1, 0.15) is 0 Å². The molecule has 2 unspecified atom stereocenters. The summed E-state index contributed by atoms with van der Waals surface area (Å²) in [6.45, 7) is 8.06. The average Bonchev–Trinajstić information content (AvgIpc) is 2.80. The molecule has 2 fully saturated rings. The molecule has 2 aliphatic heterocycles. The van der Waals surface area contributed by atoms with Crippen LogP contribution in [0.3, 0.4) is 0 Å². The van der Waals surface area contributed by atoms with E-state index >= 15 is 0 Å². The molecule has 0 aromatic carbocycles. The lowest BCUT2D eigenvalue weighted by molar-refractivity contribution is -0.135. The van der Waals surface area contributed by atoms with Crippen molar-refractivity contribution in [3.8, 4) is 0 Å². The van der Waals surface area contributed by atoms with Gasteiger partial charge in [-0.05, 0) is 38.8 Å². The van der Waals surface area contributed by atoms with E-state index in [0.717, 1.165) is 39.1 Å². The summed E-state index contributed by atoms with van der Waals surface area (Å²) in [6.07, 6.45) is 2.82. The Bertz CT molecular complexity index is 292. The topological polar surface area (TPSA) is 58.8 Å². The molecule has 0 aliphatic carbocycles. The van der Waals surface area contributed by atoms with E-state index < -0.39 is 0 Å². The molecule has 0 radical (unpaired) electrons. The van der Waals surface area contributed by atoms with Crippen molar-refractivity contribution in [1.82, 2.24) is 9.80 Å². The molecule has 2 rings (SSSR count). The number of carbonyl (C=O) groups is 1. The van der Waals surface area contributed by atoms with Crippen LogP contribution in [-0.2, 0) is 9.53 Å². The second-order valence-corrected chi connectivity index (χ2v) is 5.78. The highest BCUT2D eigenvalue weighted by atomic mass is 16.5. The van der Waals surface area contributed by atoms with E-state index in [1.807, 2.05) is 4.90 Å². The van der Waals surface area contributed by atoms with Crippen LogP contribution in [0.2, 0.25) is 0 Å². The molecule has 0 bridgehead atoms. The third-order valence-corrected chi connectivity index (χ3v) is 4.32. The Labute approximate surface area is 116 Å². The molecule has 2 aliphatic rings. The average molecular weight is 269 g/mol. The van der Waals surface area contributed by atoms with Crippen LogP contribution in [0.15, 0.2) is 0 Å². The molecule has 2 heterocycles. The second kappa shape index (κ2) is 7.22. The molecule has 5 nitrogen and oxygen atoms in total. The Balaban J connectivity index is 1.64. The number of rotatable bonds is 5. The molecule has 0 spiro atoms. The van der Waals surface area contributed by atoms with Gasteiger partial charge in [-0.3, -0.25) is 4.79 Å². The van der Waals surface area contributed by atoms with Crippen molar-refractivity contribution in [2.24, 2.45) is 11.7 Å². The molecule has 110 valence electrons. The number of likely N-dealkylation sites (tertiary alicyclic amines) is 1. The van der Waals surface area contributed by atoms with E-state index in [9.17, 15) is 4.79 Å². The van der Waals surface area contributed by atoms with Crippen LogP contribution < -0.4 is 5.73 Å². The summed E-state index contributed by atoms with van der Waals surface area (Å²) in [7, 11) is 0. The third kappa shape index (κ3) is 4.16. The minimum atomic E-state index is 0.283. The van der Waals surface area contributed by atoms with Gasteiger partial charge in [0.15, 0.2) is 0 Å². The quantitative estimate of drug-likeness (QED) is 0.779. The molecule has 2 atom stereocenters. The maximum atomic E-state index is 12.0. The van der Waals surface area contributed by atoms with Crippen molar-refractivity contribution in [2.75, 3.05) is 45.9 Å². The number of ether oxygens (including phenoxy) is 1. The van der Waals surface area contributed by atoms with Crippen molar-refractivity contribution in [3.63, 3.8) is 0 Å². The summed E-state index contributed by atoms with van der Waals surface area (Å²) < 4.78 is 5.26. The van der Waals surface area contributed by atoms with E-state index in [1.54, 1.807) is 0 Å². The minimum absolute atomic E-state index is 0.283. The Kier molecular flexibility index (Phi) is 5.60. The third-order valence-electron chi connectivity index (χ3n) is 4.32. The van der Waals surface area contributed by atoms with Gasteiger partial charge in [-0.2, -0.15) is 0 Å². The number of nitrogens with zero attached hydrogens (tertiary/aromatic N) is 2. The Hall–Kier alpha value is -0.650. The maximum Gasteiger partial charge on any atom is 0.222 e. The Morgan fingerprint density at radius 3 is 2.74 bits per heavy atom. The summed E-state index contributed by atoms with van der Waals surface area (Å²) >= 11 is 0. The smallest absolute Gasteiger partial charge is 0.222 e. The Morgan fingerprint density at radius 1 is 1.37 bits per heavy atom. The van der Waals surface area contributed by atoms with Gasteiger partial charge in [0.25, 0.3) is 0 Å². The highest BCUT2D eigenvalue weighted by molar-refractivity contribution is 5.76. The number of carbonyl (C=O) groups excluding carboxylic acids is 1. The fourth-order valence-electron chi connectivity index (χ4n) is 3.10. The molecule has 0 aromatic rings. The van der Waals surface area contributed by atoms with Gasteiger partial charge in [0, 0.05) is 32.1 Å². The predicted molar refractivity (Wildman–Crippen MR) is 74.8 cm³/mol. The highest BCUT2D eigenvalue weighted by Gasteiger charge is 2.27. The van der Waals surface area contributed by atoms with Gasteiger partial charge in [-0.1, -0.05) is 0 Å². The summed E-state index contributed by atoms with van der Waals surface area (Å²) in [5.74, 6) is 0.926. The molecule has 0 aromatic heterocycles. The van der Waals surface area contributed by atoms with Crippen LogP contribution in [0.5, 0.6) is 0 Å². The first-order valence-electron chi connectivity index (χ1n) is 7.50. The summed E-state index contributed by atoms with van der Waals surface area (Å²) in [5.41, 5.74) is 5.73. The lowest BCUT2D eigenvalue weighted by atomic mass is 10.1. The zero-order valence-electron chi connectivity index (χ0n) is 12.0. The lowest BCUT2D eigenvalue weighted by Gasteiger charge is -2.27. The summed E-state index contributed by atoms with van der Waals surface area (Å²) in [4.78, 5) is 16.4. The number of nitrogens with two attached hydrogens (primary N) is 1. The largest absolute Gasteiger partial charge is 0.378 e. The van der Waals surface area contributed by atoms with Crippen LogP contribution in [0, 0.1) is 5.92 Å². The van der Waals surface area contributed by atoms with Crippen molar-refractivity contribution < 1.29 is 9.53 Å². The number of hydrogen-bond donors (Lipinski definition) is 1. The molecule has 2 saturated heterocycles. The van der Waals surface area contributed by atoms with E-state index in [2.05, 4.69) is 11.8 Å². The van der Waals surface area contributed by atoms with E-state index in [4.69, 9.17) is 10.5 Å². The number of morpholine rings is 1. The van der Waals surface area contributed by atoms with Gasteiger partial charge in [0.2, 0.25) is 5.91 Å². The SMILES string of the molecule is CC1CC(CN)CN1CCCC(=O)N1CCOCC1. The summed E-state index contributed by atoms with van der Waals surface area (Å²) in [6, 6.07) is 0.618. The highest BCUT2D eigenvalue weighted by Crippen LogP contribution is 2.22. The van der Waals surface area contributed by atoms with Gasteiger partial charge in [0.05, 0.1) is 13.2 Å². The van der Waals surface area contributed by atoms with E-state index in [0.29, 0.717) is 31.6 Å². The zero-order chi connectivity index (χ0) is 13.7. The predicted octanol–water partition coefficient (Wildman–Crippen LogP) is 0.295. The normalized spacial score (nSPS) is 28.8. The first-order chi connectivity index (χ1) is 9.20. The van der Waals surface area contributed by atoms with Crippen LogP contribution >= 0.6 is 0 Å². The molecule has 5 heteroatoms. The van der Waals surface area contributed by atoms with Gasteiger partial charge < -0.3 is 20.3 Å². The van der Waals surface area contributed by atoms with Crippen molar-refractivity contribution in [2.45, 2.75) is 32.2 Å². The van der Waals surface area contributed by atoms with Crippen molar-refractivity contribution in [3.05, 3.63) is 0 Å². The minimum Gasteiger partial charge on any atom is -0.378 e. The number of hydrogen-bond acceptors (Lipinski definition) is 4. The zero-order valence-corrected chi connectivity index (χ0v) is 12.0. The number of amides is 1. The molecule has 0 saturated carbocycles. The molecule has 2 N–H and O–H groups in total. The second-order valence-electron chi connectivity index (χ2n) is 5.78. The molecular formula is C14H27N3O2. The molecular weight excluding hydrogens is 242 g/mol. The van der Waals surface area contributed by atoms with Crippen molar-refractivity contribution >= 4 is 5.91 Å². The monoisotopic (exact) mass is 269 g/mol. The Morgan fingerprint density at radius 2 is 2.11 bits per heavy atom. The molecule has 1 amide bonds. The first kappa shape index (κ1) is 14.8. The standard InChI is InChI=1S/C14H27N3O2/c1-12-9-13(10-15)11-17(12)4-2-3-14(18)16-5-7-19-8-6-16/h12-13H,2-11,15H2,1H3.